The van der Waals surface area contributed by atoms with Gasteiger partial charge in [0.2, 0.25) is 5.95 Å². The second kappa shape index (κ2) is 7.16. The third-order valence-electron chi connectivity index (χ3n) is 3.35. The number of nitro groups is 1. The lowest BCUT2D eigenvalue weighted by Gasteiger charge is -2.07. The van der Waals surface area contributed by atoms with Gasteiger partial charge in [0, 0.05) is 5.56 Å². The van der Waals surface area contributed by atoms with Gasteiger partial charge in [-0.25, -0.2) is 18.4 Å². The van der Waals surface area contributed by atoms with Crippen molar-refractivity contribution in [3.63, 3.8) is 0 Å². The molecule has 0 spiro atoms. The minimum atomic E-state index is -1.03. The summed E-state index contributed by atoms with van der Waals surface area (Å²) in [5.74, 6) is -2.04. The van der Waals surface area contributed by atoms with Crippen LogP contribution in [0.2, 0.25) is 0 Å². The van der Waals surface area contributed by atoms with Gasteiger partial charge in [-0.05, 0) is 6.92 Å². The molecule has 0 saturated carbocycles. The first-order valence-corrected chi connectivity index (χ1v) is 7.44. The molecule has 132 valence electrons. The number of rotatable bonds is 3. The first-order valence-electron chi connectivity index (χ1n) is 7.44. The molecule has 0 atom stereocenters. The molecule has 0 radical (unpaired) electrons. The van der Waals surface area contributed by atoms with Crippen LogP contribution in [0.4, 0.5) is 20.4 Å². The molecule has 0 aliphatic rings. The highest BCUT2D eigenvalue weighted by atomic mass is 19.1. The SMILES string of the molecule is CC.Cc1nc(N)nc2c1cnn2Cc1c(F)cc([N+](=O)[O-])cc1F. The van der Waals surface area contributed by atoms with Crippen molar-refractivity contribution in [3.8, 4) is 0 Å². The maximum absolute atomic E-state index is 14.0. The van der Waals surface area contributed by atoms with Crippen molar-refractivity contribution in [2.75, 3.05) is 5.73 Å². The van der Waals surface area contributed by atoms with Gasteiger partial charge in [0.05, 0.1) is 40.9 Å². The molecule has 2 N–H and O–H groups in total. The maximum atomic E-state index is 14.0. The Labute approximate surface area is 141 Å². The molecule has 0 aliphatic carbocycles. The summed E-state index contributed by atoms with van der Waals surface area (Å²) in [5, 5.41) is 15.2. The average molecular weight is 350 g/mol. The molecule has 2 aromatic heterocycles. The van der Waals surface area contributed by atoms with Gasteiger partial charge in [-0.15, -0.1) is 0 Å². The summed E-state index contributed by atoms with van der Waals surface area (Å²) < 4.78 is 29.2. The van der Waals surface area contributed by atoms with Gasteiger partial charge >= 0.3 is 0 Å². The number of benzene rings is 1. The Morgan fingerprint density at radius 1 is 1.24 bits per heavy atom. The normalized spacial score (nSPS) is 10.4. The molecule has 10 heteroatoms. The summed E-state index contributed by atoms with van der Waals surface area (Å²) >= 11 is 0. The number of halogens is 2. The number of hydrogen-bond donors (Lipinski definition) is 1. The largest absolute Gasteiger partial charge is 0.368 e. The molecular weight excluding hydrogens is 334 g/mol. The molecule has 0 bridgehead atoms. The van der Waals surface area contributed by atoms with Gasteiger partial charge in [0.1, 0.15) is 11.6 Å². The smallest absolute Gasteiger partial charge is 0.275 e. The third kappa shape index (κ3) is 3.52. The Balaban J connectivity index is 0.00000109. The van der Waals surface area contributed by atoms with Crippen molar-refractivity contribution in [2.45, 2.75) is 27.3 Å². The van der Waals surface area contributed by atoms with Crippen LogP contribution in [-0.4, -0.2) is 24.7 Å². The summed E-state index contributed by atoms with van der Waals surface area (Å²) in [7, 11) is 0. The first-order chi connectivity index (χ1) is 11.9. The van der Waals surface area contributed by atoms with E-state index in [9.17, 15) is 18.9 Å². The van der Waals surface area contributed by atoms with Gasteiger partial charge in [-0.3, -0.25) is 10.1 Å². The second-order valence-electron chi connectivity index (χ2n) is 4.85. The van der Waals surface area contributed by atoms with Gasteiger partial charge in [-0.2, -0.15) is 10.1 Å². The number of aryl methyl sites for hydroxylation is 1. The van der Waals surface area contributed by atoms with Gasteiger partial charge in [-0.1, -0.05) is 13.8 Å². The molecular formula is C15H16F2N6O2. The molecule has 25 heavy (non-hydrogen) atoms. The van der Waals surface area contributed by atoms with Crippen LogP contribution >= 0.6 is 0 Å². The van der Waals surface area contributed by atoms with Crippen molar-refractivity contribution >= 4 is 22.7 Å². The Morgan fingerprint density at radius 3 is 2.40 bits per heavy atom. The molecule has 0 unspecified atom stereocenters. The Hall–Kier alpha value is -3.17. The van der Waals surface area contributed by atoms with E-state index in [0.29, 0.717) is 28.9 Å². The molecule has 1 aromatic carbocycles. The van der Waals surface area contributed by atoms with Crippen molar-refractivity contribution in [3.05, 3.63) is 51.3 Å². The second-order valence-corrected chi connectivity index (χ2v) is 4.85. The van der Waals surface area contributed by atoms with Crippen LogP contribution in [0.3, 0.4) is 0 Å². The van der Waals surface area contributed by atoms with E-state index in [2.05, 4.69) is 15.1 Å². The van der Waals surface area contributed by atoms with Crippen LogP contribution in [-0.2, 0) is 6.54 Å². The molecule has 0 saturated heterocycles. The zero-order valence-electron chi connectivity index (χ0n) is 13.8. The summed E-state index contributed by atoms with van der Waals surface area (Å²) in [6.07, 6.45) is 1.46. The fourth-order valence-corrected chi connectivity index (χ4v) is 2.23. The minimum absolute atomic E-state index is 0.0152. The van der Waals surface area contributed by atoms with Crippen LogP contribution in [0.1, 0.15) is 25.1 Å². The predicted octanol–water partition coefficient (Wildman–Crippen LogP) is 2.98. The van der Waals surface area contributed by atoms with Crippen LogP contribution < -0.4 is 5.73 Å². The summed E-state index contributed by atoms with van der Waals surface area (Å²) in [6.45, 7) is 5.43. The highest BCUT2D eigenvalue weighted by molar-refractivity contribution is 5.78. The Kier molecular flexibility index (Phi) is 5.20. The molecule has 0 aliphatic heterocycles. The third-order valence-corrected chi connectivity index (χ3v) is 3.35. The summed E-state index contributed by atoms with van der Waals surface area (Å²) in [4.78, 5) is 17.7. The van der Waals surface area contributed by atoms with Crippen LogP contribution in [0.5, 0.6) is 0 Å². The van der Waals surface area contributed by atoms with E-state index in [-0.39, 0.29) is 18.1 Å². The number of fused-ring (bicyclic) bond motifs is 1. The van der Waals surface area contributed by atoms with Crippen LogP contribution in [0.15, 0.2) is 18.3 Å². The number of hydrogen-bond acceptors (Lipinski definition) is 6. The van der Waals surface area contributed by atoms with E-state index in [1.54, 1.807) is 6.92 Å². The number of non-ortho nitro benzene ring substituents is 1. The number of nitrogens with zero attached hydrogens (tertiary/aromatic N) is 5. The van der Waals surface area contributed by atoms with Gasteiger partial charge in [0.25, 0.3) is 5.69 Å². The number of nitrogens with two attached hydrogens (primary N) is 1. The lowest BCUT2D eigenvalue weighted by molar-refractivity contribution is -0.385. The summed E-state index contributed by atoms with van der Waals surface area (Å²) in [6, 6.07) is 1.33. The van der Waals surface area contributed by atoms with Crippen molar-refractivity contribution in [1.29, 1.82) is 0 Å². The highest BCUT2D eigenvalue weighted by Crippen LogP contribution is 2.23. The first kappa shape index (κ1) is 18.2. The maximum Gasteiger partial charge on any atom is 0.275 e. The number of anilines is 1. The van der Waals surface area contributed by atoms with Gasteiger partial charge < -0.3 is 5.73 Å². The number of aromatic nitrogens is 4. The monoisotopic (exact) mass is 350 g/mol. The van der Waals surface area contributed by atoms with Crippen LogP contribution in [0.25, 0.3) is 11.0 Å². The molecule has 0 fully saturated rings. The molecule has 3 aromatic rings. The topological polar surface area (TPSA) is 113 Å². The Bertz CT molecular complexity index is 918. The predicted molar refractivity (Wildman–Crippen MR) is 87.9 cm³/mol. The van der Waals surface area contributed by atoms with E-state index >= 15 is 0 Å². The quantitative estimate of drug-likeness (QED) is 0.574. The number of nitro benzene ring substituents is 1. The lowest BCUT2D eigenvalue weighted by Crippen LogP contribution is -2.08. The van der Waals surface area contributed by atoms with E-state index in [1.807, 2.05) is 13.8 Å². The highest BCUT2D eigenvalue weighted by Gasteiger charge is 2.19. The zero-order valence-corrected chi connectivity index (χ0v) is 13.8. The molecule has 8 nitrogen and oxygen atoms in total. The van der Waals surface area contributed by atoms with Crippen LogP contribution in [0, 0.1) is 28.7 Å². The minimum Gasteiger partial charge on any atom is -0.368 e. The van der Waals surface area contributed by atoms with Crippen molar-refractivity contribution in [1.82, 2.24) is 19.7 Å². The lowest BCUT2D eigenvalue weighted by atomic mass is 10.1. The number of nitrogen functional groups attached to an aromatic ring is 1. The zero-order chi connectivity index (χ0) is 18.7. The Morgan fingerprint density at radius 2 is 1.84 bits per heavy atom. The van der Waals surface area contributed by atoms with E-state index in [1.165, 1.54) is 10.9 Å². The van der Waals surface area contributed by atoms with E-state index < -0.39 is 22.2 Å². The van der Waals surface area contributed by atoms with Crippen molar-refractivity contribution in [2.24, 2.45) is 0 Å². The van der Waals surface area contributed by atoms with E-state index in [4.69, 9.17) is 5.73 Å². The van der Waals surface area contributed by atoms with E-state index in [0.717, 1.165) is 0 Å². The molecule has 0 amide bonds. The standard InChI is InChI=1S/C13H10F2N6O2.C2H6/c1-6-8-4-17-20(12(8)19-13(16)18-6)5-9-10(14)2-7(21(22)23)3-11(9)15;1-2/h2-4H,5H2,1H3,(H2,16,18,19);1-2H3. The van der Waals surface area contributed by atoms with Crippen molar-refractivity contribution < 1.29 is 13.7 Å². The molecule has 3 rings (SSSR count). The fourth-order valence-electron chi connectivity index (χ4n) is 2.23. The molecule has 2 heterocycles. The fraction of sp³-hybridized carbons (Fsp3) is 0.267. The summed E-state index contributed by atoms with van der Waals surface area (Å²) in [5.41, 5.74) is 5.48. The average Bonchev–Trinajstić information content (AvgIpc) is 2.95. The van der Waals surface area contributed by atoms with Gasteiger partial charge in [0.15, 0.2) is 5.65 Å².